The summed E-state index contributed by atoms with van der Waals surface area (Å²) in [5.41, 5.74) is 1.34. The monoisotopic (exact) mass is 654 g/mol. The molecule has 4 nitrogen and oxygen atoms in total. The second-order valence-corrected chi connectivity index (χ2v) is 12.4. The Kier molecular flexibility index (Phi) is 10.2. The minimum atomic E-state index is -5.20. The van der Waals surface area contributed by atoms with Gasteiger partial charge in [-0.05, 0) is 80.4 Å². The lowest BCUT2D eigenvalue weighted by Crippen LogP contribution is -2.37. The number of rotatable bonds is 9. The van der Waals surface area contributed by atoms with Crippen molar-refractivity contribution in [2.45, 2.75) is 95.1 Å². The van der Waals surface area contributed by atoms with Crippen molar-refractivity contribution in [3.8, 4) is 11.5 Å². The van der Waals surface area contributed by atoms with Gasteiger partial charge in [-0.15, -0.1) is 0 Å². The first kappa shape index (κ1) is 33.7. The summed E-state index contributed by atoms with van der Waals surface area (Å²) in [6, 6.07) is 5.46. The molecule has 5 rings (SSSR count). The van der Waals surface area contributed by atoms with E-state index in [4.69, 9.17) is 9.47 Å². The van der Waals surface area contributed by atoms with Gasteiger partial charge in [0.1, 0.15) is 11.6 Å². The summed E-state index contributed by atoms with van der Waals surface area (Å²) >= 11 is 0. The van der Waals surface area contributed by atoms with Gasteiger partial charge < -0.3 is 18.9 Å². The van der Waals surface area contributed by atoms with Crippen LogP contribution in [0.1, 0.15) is 81.3 Å². The zero-order chi connectivity index (χ0) is 32.5. The van der Waals surface area contributed by atoms with Crippen LogP contribution in [-0.4, -0.2) is 38.1 Å². The van der Waals surface area contributed by atoms with Crippen LogP contribution in [0.4, 0.5) is 39.5 Å². The summed E-state index contributed by atoms with van der Waals surface area (Å²) in [6.07, 6.45) is -9.83. The molecule has 45 heavy (non-hydrogen) atoms. The van der Waals surface area contributed by atoms with Crippen LogP contribution in [0.5, 0.6) is 11.5 Å². The molecule has 0 N–H and O–H groups in total. The van der Waals surface area contributed by atoms with Crippen LogP contribution >= 0.6 is 0 Å². The molecule has 2 aromatic rings. The predicted molar refractivity (Wildman–Crippen MR) is 144 cm³/mol. The molecule has 0 atom stereocenters. The molecule has 13 heteroatoms. The largest absolute Gasteiger partial charge is 0.461 e. The summed E-state index contributed by atoms with van der Waals surface area (Å²) in [6.45, 7) is 3.45. The van der Waals surface area contributed by atoms with Crippen molar-refractivity contribution < 1.29 is 58.5 Å². The van der Waals surface area contributed by atoms with Crippen molar-refractivity contribution in [2.75, 3.05) is 13.2 Å². The van der Waals surface area contributed by atoms with Crippen LogP contribution in [0.25, 0.3) is 0 Å². The van der Waals surface area contributed by atoms with Gasteiger partial charge >= 0.3 is 18.6 Å². The Bertz CT molecular complexity index is 1280. The van der Waals surface area contributed by atoms with Gasteiger partial charge in [-0.3, -0.25) is 0 Å². The molecule has 3 aliphatic rings. The second kappa shape index (κ2) is 13.6. The molecule has 0 spiro atoms. The molecule has 0 radical (unpaired) electrons. The quantitative estimate of drug-likeness (QED) is 0.253. The smallest absolute Gasteiger partial charge is 0.432 e. The highest BCUT2D eigenvalue weighted by molar-refractivity contribution is 5.35. The molecule has 1 heterocycles. The third-order valence-corrected chi connectivity index (χ3v) is 9.10. The fourth-order valence-corrected chi connectivity index (χ4v) is 6.59. The highest BCUT2D eigenvalue weighted by Crippen LogP contribution is 2.45. The SMILES string of the molecule is CC1COC(C2CCC(c3ccc(C4CCC(C(F)(F)Oc5cc(F)c(OC(F)(F)C(F)F)c(F)c5)CC4)c(F)c3)CC2)OC1. The van der Waals surface area contributed by atoms with Crippen LogP contribution in [0.3, 0.4) is 0 Å². The van der Waals surface area contributed by atoms with Gasteiger partial charge in [-0.25, -0.2) is 13.2 Å². The number of benzene rings is 2. The average molecular weight is 655 g/mol. The number of alkyl halides is 6. The molecule has 2 saturated carbocycles. The average Bonchev–Trinajstić information content (AvgIpc) is 2.99. The van der Waals surface area contributed by atoms with E-state index in [0.29, 0.717) is 30.6 Å². The van der Waals surface area contributed by atoms with E-state index in [-0.39, 0.29) is 61.8 Å². The van der Waals surface area contributed by atoms with E-state index in [9.17, 15) is 35.1 Å². The Balaban J connectivity index is 1.14. The van der Waals surface area contributed by atoms with Gasteiger partial charge in [0.05, 0.1) is 19.1 Å². The molecule has 0 bridgehead atoms. The maximum absolute atomic E-state index is 15.3. The molecule has 1 saturated heterocycles. The molecule has 2 aromatic carbocycles. The molecule has 2 aliphatic carbocycles. The topological polar surface area (TPSA) is 36.9 Å². The van der Waals surface area contributed by atoms with Gasteiger partial charge in [0.25, 0.3) is 0 Å². The van der Waals surface area contributed by atoms with Crippen LogP contribution < -0.4 is 9.47 Å². The summed E-state index contributed by atoms with van der Waals surface area (Å²) in [4.78, 5) is 0. The molecule has 0 amide bonds. The van der Waals surface area contributed by atoms with E-state index < -0.39 is 47.7 Å². The van der Waals surface area contributed by atoms with Crippen LogP contribution in [0.2, 0.25) is 0 Å². The van der Waals surface area contributed by atoms with E-state index in [1.165, 1.54) is 6.07 Å². The Morgan fingerprint density at radius 1 is 0.733 bits per heavy atom. The van der Waals surface area contributed by atoms with Gasteiger partial charge in [-0.1, -0.05) is 19.1 Å². The maximum atomic E-state index is 15.3. The number of hydrogen-bond donors (Lipinski definition) is 0. The third-order valence-electron chi connectivity index (χ3n) is 9.10. The van der Waals surface area contributed by atoms with E-state index in [1.807, 2.05) is 6.07 Å². The standard InChI is InChI=1S/C32H35F9O4/c1-17-15-42-29(43-16-17)20-4-2-18(3-5-20)21-8-11-24(25(33)12-21)19-6-9-22(10-7-19)31(38,39)44-23-13-26(34)28(27(35)14-23)45-32(40,41)30(36)37/h8,11-14,17-20,22,29-30H,2-7,9-10,15-16H2,1H3. The maximum Gasteiger partial charge on any atom is 0.461 e. The van der Waals surface area contributed by atoms with E-state index in [0.717, 1.165) is 31.2 Å². The minimum absolute atomic E-state index is 0.0836. The minimum Gasteiger partial charge on any atom is -0.432 e. The molecular formula is C32H35F9O4. The van der Waals surface area contributed by atoms with Gasteiger partial charge in [0.15, 0.2) is 23.7 Å². The molecule has 0 unspecified atom stereocenters. The highest BCUT2D eigenvalue weighted by Gasteiger charge is 2.47. The van der Waals surface area contributed by atoms with Crippen molar-refractivity contribution in [3.05, 3.63) is 58.9 Å². The first-order chi connectivity index (χ1) is 21.2. The van der Waals surface area contributed by atoms with E-state index in [2.05, 4.69) is 16.4 Å². The number of ether oxygens (including phenoxy) is 4. The van der Waals surface area contributed by atoms with Crippen molar-refractivity contribution in [3.63, 3.8) is 0 Å². The molecule has 250 valence electrons. The van der Waals surface area contributed by atoms with Crippen LogP contribution in [0.15, 0.2) is 30.3 Å². The van der Waals surface area contributed by atoms with Crippen molar-refractivity contribution in [1.82, 2.24) is 0 Å². The van der Waals surface area contributed by atoms with Crippen LogP contribution in [0, 0.1) is 35.2 Å². The van der Waals surface area contributed by atoms with Gasteiger partial charge in [0, 0.05) is 24.0 Å². The van der Waals surface area contributed by atoms with Gasteiger partial charge in [-0.2, -0.15) is 26.3 Å². The lowest BCUT2D eigenvalue weighted by Gasteiger charge is -2.37. The zero-order valence-corrected chi connectivity index (χ0v) is 24.5. The Labute approximate surface area is 255 Å². The van der Waals surface area contributed by atoms with Crippen LogP contribution in [-0.2, 0) is 9.47 Å². The normalized spacial score (nSPS) is 28.2. The lowest BCUT2D eigenvalue weighted by molar-refractivity contribution is -0.255. The van der Waals surface area contributed by atoms with E-state index in [1.54, 1.807) is 6.07 Å². The Morgan fingerprint density at radius 2 is 1.31 bits per heavy atom. The summed E-state index contributed by atoms with van der Waals surface area (Å²) < 4.78 is 144. The van der Waals surface area contributed by atoms with Crippen molar-refractivity contribution in [2.24, 2.45) is 17.8 Å². The van der Waals surface area contributed by atoms with Gasteiger partial charge in [0.2, 0.25) is 0 Å². The van der Waals surface area contributed by atoms with Crippen molar-refractivity contribution >= 4 is 0 Å². The second-order valence-electron chi connectivity index (χ2n) is 12.4. The highest BCUT2D eigenvalue weighted by atomic mass is 19.3. The molecular weight excluding hydrogens is 619 g/mol. The van der Waals surface area contributed by atoms with E-state index >= 15 is 4.39 Å². The molecule has 3 fully saturated rings. The summed E-state index contributed by atoms with van der Waals surface area (Å²) in [5.74, 6) is -7.90. The third kappa shape index (κ3) is 7.84. The number of hydrogen-bond acceptors (Lipinski definition) is 4. The molecule has 0 aromatic heterocycles. The summed E-state index contributed by atoms with van der Waals surface area (Å²) in [7, 11) is 0. The Morgan fingerprint density at radius 3 is 1.87 bits per heavy atom. The summed E-state index contributed by atoms with van der Waals surface area (Å²) in [5, 5.41) is 0. The Hall–Kier alpha value is -2.67. The fraction of sp³-hybridized carbons (Fsp3) is 0.625. The number of halogens is 9. The predicted octanol–water partition coefficient (Wildman–Crippen LogP) is 9.57. The fourth-order valence-electron chi connectivity index (χ4n) is 6.59. The molecule has 1 aliphatic heterocycles. The van der Waals surface area contributed by atoms with Crippen molar-refractivity contribution in [1.29, 1.82) is 0 Å². The first-order valence-electron chi connectivity index (χ1n) is 15.2. The lowest BCUT2D eigenvalue weighted by atomic mass is 9.76. The first-order valence-corrected chi connectivity index (χ1v) is 15.2. The zero-order valence-electron chi connectivity index (χ0n) is 24.5.